The van der Waals surface area contributed by atoms with Crippen molar-refractivity contribution in [1.82, 2.24) is 9.97 Å². The molecule has 3 N–H and O–H groups in total. The van der Waals surface area contributed by atoms with E-state index in [1.54, 1.807) is 12.1 Å². The third-order valence-electron chi connectivity index (χ3n) is 2.84. The number of aromatic nitrogens is 2. The molecular formula is C14H14Cl2FN3. The van der Waals surface area contributed by atoms with Crippen LogP contribution in [-0.2, 0) is 6.42 Å². The van der Waals surface area contributed by atoms with Gasteiger partial charge in [-0.25, -0.2) is 9.37 Å². The molecule has 2 aromatic carbocycles. The minimum Gasteiger partial charge on any atom is -0.399 e. The van der Waals surface area contributed by atoms with E-state index in [2.05, 4.69) is 9.97 Å². The first kappa shape index (κ1) is 16.3. The number of nitrogens with two attached hydrogens (primary N) is 1. The van der Waals surface area contributed by atoms with Gasteiger partial charge in [-0.15, -0.1) is 24.8 Å². The van der Waals surface area contributed by atoms with Crippen LogP contribution < -0.4 is 5.73 Å². The average Bonchev–Trinajstić information content (AvgIpc) is 2.73. The van der Waals surface area contributed by atoms with Gasteiger partial charge in [0.25, 0.3) is 0 Å². The van der Waals surface area contributed by atoms with Crippen molar-refractivity contribution in [1.29, 1.82) is 0 Å². The van der Waals surface area contributed by atoms with Gasteiger partial charge in [0.2, 0.25) is 0 Å². The van der Waals surface area contributed by atoms with Crippen molar-refractivity contribution in [3.63, 3.8) is 0 Å². The van der Waals surface area contributed by atoms with Crippen LogP contribution in [0.15, 0.2) is 42.5 Å². The van der Waals surface area contributed by atoms with Crippen molar-refractivity contribution < 1.29 is 4.39 Å². The fourth-order valence-corrected chi connectivity index (χ4v) is 1.96. The second-order valence-corrected chi connectivity index (χ2v) is 4.26. The molecule has 0 saturated carbocycles. The third kappa shape index (κ3) is 3.40. The van der Waals surface area contributed by atoms with Crippen LogP contribution in [0.25, 0.3) is 11.0 Å². The monoisotopic (exact) mass is 313 g/mol. The van der Waals surface area contributed by atoms with Gasteiger partial charge in [0.05, 0.1) is 11.0 Å². The summed E-state index contributed by atoms with van der Waals surface area (Å²) in [7, 11) is 0. The number of imidazole rings is 1. The SMILES string of the molecule is Cl.Cl.Nc1ccc2nc(Cc3ccc(F)cc3)[nH]c2c1. The number of rotatable bonds is 2. The first-order chi connectivity index (χ1) is 8.70. The molecule has 0 fully saturated rings. The summed E-state index contributed by atoms with van der Waals surface area (Å²) in [5.74, 6) is 0.623. The van der Waals surface area contributed by atoms with Crippen LogP contribution in [0.2, 0.25) is 0 Å². The summed E-state index contributed by atoms with van der Waals surface area (Å²) in [6.45, 7) is 0. The normalized spacial score (nSPS) is 9.85. The Morgan fingerprint density at radius 2 is 1.75 bits per heavy atom. The quantitative estimate of drug-likeness (QED) is 0.708. The number of nitrogens with one attached hydrogen (secondary N) is 1. The number of anilines is 1. The van der Waals surface area contributed by atoms with Crippen molar-refractivity contribution in [3.8, 4) is 0 Å². The molecule has 0 radical (unpaired) electrons. The van der Waals surface area contributed by atoms with Gasteiger partial charge in [-0.2, -0.15) is 0 Å². The van der Waals surface area contributed by atoms with Gasteiger partial charge >= 0.3 is 0 Å². The molecule has 0 saturated heterocycles. The van der Waals surface area contributed by atoms with Crippen LogP contribution >= 0.6 is 24.8 Å². The Kier molecular flexibility index (Phi) is 5.36. The molecule has 106 valence electrons. The Hall–Kier alpha value is -1.78. The summed E-state index contributed by atoms with van der Waals surface area (Å²) < 4.78 is 12.8. The Bertz CT molecular complexity index is 695. The van der Waals surface area contributed by atoms with E-state index >= 15 is 0 Å². The second kappa shape index (κ2) is 6.59. The maximum absolute atomic E-state index is 12.8. The molecule has 0 aliphatic heterocycles. The van der Waals surface area contributed by atoms with E-state index in [9.17, 15) is 4.39 Å². The molecule has 20 heavy (non-hydrogen) atoms. The third-order valence-corrected chi connectivity index (χ3v) is 2.84. The van der Waals surface area contributed by atoms with Crippen LogP contribution in [0.4, 0.5) is 10.1 Å². The fraction of sp³-hybridized carbons (Fsp3) is 0.0714. The van der Waals surface area contributed by atoms with E-state index in [4.69, 9.17) is 5.73 Å². The molecule has 0 amide bonds. The van der Waals surface area contributed by atoms with Crippen molar-refractivity contribution >= 4 is 41.5 Å². The maximum atomic E-state index is 12.8. The summed E-state index contributed by atoms with van der Waals surface area (Å²) in [5.41, 5.74) is 9.25. The van der Waals surface area contributed by atoms with Crippen LogP contribution in [0.1, 0.15) is 11.4 Å². The van der Waals surface area contributed by atoms with Crippen LogP contribution in [0.5, 0.6) is 0 Å². The smallest absolute Gasteiger partial charge is 0.123 e. The highest BCUT2D eigenvalue weighted by molar-refractivity contribution is 5.85. The lowest BCUT2D eigenvalue weighted by atomic mass is 10.1. The van der Waals surface area contributed by atoms with Crippen molar-refractivity contribution in [2.24, 2.45) is 0 Å². The fourth-order valence-electron chi connectivity index (χ4n) is 1.96. The Labute approximate surface area is 128 Å². The molecule has 0 aliphatic rings. The number of benzene rings is 2. The summed E-state index contributed by atoms with van der Waals surface area (Å²) in [6.07, 6.45) is 0.648. The van der Waals surface area contributed by atoms with Crippen molar-refractivity contribution in [3.05, 3.63) is 59.7 Å². The number of H-pyrrole nitrogens is 1. The lowest BCUT2D eigenvalue weighted by Gasteiger charge is -1.97. The zero-order chi connectivity index (χ0) is 12.5. The molecule has 1 heterocycles. The molecular weight excluding hydrogens is 300 g/mol. The number of nitrogens with zero attached hydrogens (tertiary/aromatic N) is 1. The number of hydrogen-bond donors (Lipinski definition) is 2. The van der Waals surface area contributed by atoms with Gasteiger partial charge in [-0.3, -0.25) is 0 Å². The minimum atomic E-state index is -0.226. The van der Waals surface area contributed by atoms with Crippen LogP contribution in [-0.4, -0.2) is 9.97 Å². The van der Waals surface area contributed by atoms with Gasteiger partial charge in [0.1, 0.15) is 11.6 Å². The molecule has 0 atom stereocenters. The molecule has 3 nitrogen and oxygen atoms in total. The zero-order valence-corrected chi connectivity index (χ0v) is 12.1. The van der Waals surface area contributed by atoms with E-state index in [1.807, 2.05) is 18.2 Å². The predicted molar refractivity (Wildman–Crippen MR) is 84.2 cm³/mol. The number of nitrogen functional groups attached to an aromatic ring is 1. The predicted octanol–water partition coefficient (Wildman–Crippen LogP) is 3.72. The standard InChI is InChI=1S/C14H12FN3.2ClH/c15-10-3-1-9(2-4-10)7-14-17-12-6-5-11(16)8-13(12)18-14;;/h1-6,8H,7,16H2,(H,17,18);2*1H. The van der Waals surface area contributed by atoms with Crippen LogP contribution in [0, 0.1) is 5.82 Å². The Morgan fingerprint density at radius 1 is 1.05 bits per heavy atom. The van der Waals surface area contributed by atoms with Crippen molar-refractivity contribution in [2.45, 2.75) is 6.42 Å². The summed E-state index contributed by atoms with van der Waals surface area (Å²) >= 11 is 0. The molecule has 3 aromatic rings. The topological polar surface area (TPSA) is 54.7 Å². The van der Waals surface area contributed by atoms with E-state index in [1.165, 1.54) is 12.1 Å². The van der Waals surface area contributed by atoms with E-state index in [0.717, 1.165) is 22.4 Å². The van der Waals surface area contributed by atoms with Gasteiger partial charge in [-0.1, -0.05) is 12.1 Å². The van der Waals surface area contributed by atoms with Gasteiger partial charge in [0, 0.05) is 12.1 Å². The first-order valence-electron chi connectivity index (χ1n) is 5.69. The zero-order valence-electron chi connectivity index (χ0n) is 10.5. The highest BCUT2D eigenvalue weighted by atomic mass is 35.5. The number of hydrogen-bond acceptors (Lipinski definition) is 2. The molecule has 1 aromatic heterocycles. The summed E-state index contributed by atoms with van der Waals surface area (Å²) in [4.78, 5) is 7.68. The lowest BCUT2D eigenvalue weighted by Crippen LogP contribution is -1.90. The highest BCUT2D eigenvalue weighted by Crippen LogP contribution is 2.16. The summed E-state index contributed by atoms with van der Waals surface area (Å²) in [5, 5.41) is 0. The molecule has 3 rings (SSSR count). The first-order valence-corrected chi connectivity index (χ1v) is 5.69. The molecule has 0 spiro atoms. The molecule has 0 aliphatic carbocycles. The lowest BCUT2D eigenvalue weighted by molar-refractivity contribution is 0.627. The molecule has 6 heteroatoms. The summed E-state index contributed by atoms with van der Waals surface area (Å²) in [6, 6.07) is 12.0. The molecule has 0 unspecified atom stereocenters. The minimum absolute atomic E-state index is 0. The highest BCUT2D eigenvalue weighted by Gasteiger charge is 2.04. The number of aromatic amines is 1. The maximum Gasteiger partial charge on any atom is 0.123 e. The van der Waals surface area contributed by atoms with E-state index in [0.29, 0.717) is 12.1 Å². The van der Waals surface area contributed by atoms with Gasteiger partial charge in [-0.05, 0) is 35.9 Å². The van der Waals surface area contributed by atoms with E-state index in [-0.39, 0.29) is 30.6 Å². The van der Waals surface area contributed by atoms with Crippen molar-refractivity contribution in [2.75, 3.05) is 5.73 Å². The van der Waals surface area contributed by atoms with Gasteiger partial charge in [0.15, 0.2) is 0 Å². The average molecular weight is 314 g/mol. The Balaban J connectivity index is 0.000001000. The Morgan fingerprint density at radius 3 is 2.45 bits per heavy atom. The van der Waals surface area contributed by atoms with E-state index < -0.39 is 0 Å². The number of halogens is 3. The largest absolute Gasteiger partial charge is 0.399 e. The number of fused-ring (bicyclic) bond motifs is 1. The molecule has 0 bridgehead atoms. The van der Waals surface area contributed by atoms with Gasteiger partial charge < -0.3 is 10.7 Å². The second-order valence-electron chi connectivity index (χ2n) is 4.26. The van der Waals surface area contributed by atoms with Crippen LogP contribution in [0.3, 0.4) is 0 Å².